The number of aromatic nitrogens is 2. The number of halogens is 3. The number of ether oxygens (including phenoxy) is 1. The summed E-state index contributed by atoms with van der Waals surface area (Å²) in [6.07, 6.45) is 3.04. The molecule has 29 heavy (non-hydrogen) atoms. The maximum absolute atomic E-state index is 13.2. The quantitative estimate of drug-likeness (QED) is 0.484. The molecule has 2 aromatic carbocycles. The topological polar surface area (TPSA) is 73.2 Å². The van der Waals surface area contributed by atoms with Gasteiger partial charge in [0.25, 0.3) is 5.91 Å². The first-order valence-electron chi connectivity index (χ1n) is 8.18. The molecule has 0 saturated heterocycles. The van der Waals surface area contributed by atoms with Crippen LogP contribution in [0, 0.1) is 17.5 Å². The van der Waals surface area contributed by atoms with E-state index in [9.17, 15) is 22.8 Å². The first-order valence-corrected chi connectivity index (χ1v) is 9.41. The van der Waals surface area contributed by atoms with Crippen LogP contribution in [0.15, 0.2) is 53.8 Å². The summed E-state index contributed by atoms with van der Waals surface area (Å²) in [6.45, 7) is -0.652. The summed E-state index contributed by atoms with van der Waals surface area (Å²) in [5.41, 5.74) is 0.555. The Morgan fingerprint density at radius 3 is 2.48 bits per heavy atom. The third kappa shape index (κ3) is 4.77. The van der Waals surface area contributed by atoms with Gasteiger partial charge in [-0.05, 0) is 42.7 Å². The number of amides is 1. The molecular weight excluding hydrogens is 407 g/mol. The molecule has 0 unspecified atom stereocenters. The molecule has 0 atom stereocenters. The predicted octanol–water partition coefficient (Wildman–Crippen LogP) is 3.81. The number of rotatable bonds is 6. The summed E-state index contributed by atoms with van der Waals surface area (Å²) in [4.78, 5) is 28.5. The lowest BCUT2D eigenvalue weighted by Gasteiger charge is -2.11. The van der Waals surface area contributed by atoms with Crippen LogP contribution in [0.25, 0.3) is 5.69 Å². The number of anilines is 1. The molecule has 0 aliphatic heterocycles. The molecule has 150 valence electrons. The van der Waals surface area contributed by atoms with E-state index in [0.717, 1.165) is 12.1 Å². The lowest BCUT2D eigenvalue weighted by molar-refractivity contribution is -0.119. The molecule has 1 heterocycles. The van der Waals surface area contributed by atoms with Crippen LogP contribution >= 0.6 is 11.8 Å². The molecule has 6 nitrogen and oxygen atoms in total. The Morgan fingerprint density at radius 1 is 1.10 bits per heavy atom. The molecule has 0 saturated carbocycles. The minimum Gasteiger partial charge on any atom is -0.451 e. The van der Waals surface area contributed by atoms with Gasteiger partial charge in [0.15, 0.2) is 29.1 Å². The lowest BCUT2D eigenvalue weighted by Crippen LogP contribution is -2.22. The minimum atomic E-state index is -1.12. The normalized spacial score (nSPS) is 10.6. The largest absolute Gasteiger partial charge is 0.451 e. The van der Waals surface area contributed by atoms with Crippen molar-refractivity contribution in [2.24, 2.45) is 0 Å². The lowest BCUT2D eigenvalue weighted by atomic mass is 10.3. The molecule has 0 bridgehead atoms. The van der Waals surface area contributed by atoms with Crippen LogP contribution in [-0.4, -0.2) is 34.3 Å². The molecule has 10 heteroatoms. The van der Waals surface area contributed by atoms with Crippen LogP contribution in [-0.2, 0) is 9.53 Å². The standard InChI is InChI=1S/C19H14F3N3O3S/c1-29-19-23-9-16(25(19)13-5-2-11(20)3-6-13)18(27)28-10-17(26)24-12-4-7-14(21)15(22)8-12/h2-9H,10H2,1H3,(H,24,26). The summed E-state index contributed by atoms with van der Waals surface area (Å²) >= 11 is 1.27. The van der Waals surface area contributed by atoms with Crippen LogP contribution in [0.4, 0.5) is 18.9 Å². The molecule has 1 N–H and O–H groups in total. The fourth-order valence-electron chi connectivity index (χ4n) is 2.44. The Hall–Kier alpha value is -3.27. The van der Waals surface area contributed by atoms with Crippen molar-refractivity contribution in [1.29, 1.82) is 0 Å². The monoisotopic (exact) mass is 421 g/mol. The highest BCUT2D eigenvalue weighted by Gasteiger charge is 2.20. The number of carbonyl (C=O) groups excluding carboxylic acids is 2. The van der Waals surface area contributed by atoms with E-state index in [1.165, 1.54) is 52.9 Å². The first kappa shape index (κ1) is 20.5. The number of thioether (sulfide) groups is 1. The highest BCUT2D eigenvalue weighted by atomic mass is 32.2. The highest BCUT2D eigenvalue weighted by molar-refractivity contribution is 7.98. The summed E-state index contributed by atoms with van der Waals surface area (Å²) in [7, 11) is 0. The van der Waals surface area contributed by atoms with Crippen molar-refractivity contribution in [2.45, 2.75) is 5.16 Å². The third-order valence-corrected chi connectivity index (χ3v) is 4.40. The van der Waals surface area contributed by atoms with Crippen molar-refractivity contribution in [3.63, 3.8) is 0 Å². The van der Waals surface area contributed by atoms with Crippen molar-refractivity contribution in [3.8, 4) is 5.69 Å². The van der Waals surface area contributed by atoms with Crippen molar-refractivity contribution >= 4 is 29.3 Å². The van der Waals surface area contributed by atoms with E-state index in [1.807, 2.05) is 0 Å². The zero-order chi connectivity index (χ0) is 21.0. The second-order valence-corrected chi connectivity index (χ2v) is 6.47. The van der Waals surface area contributed by atoms with Crippen LogP contribution in [0.2, 0.25) is 0 Å². The van der Waals surface area contributed by atoms with E-state index in [4.69, 9.17) is 4.74 Å². The van der Waals surface area contributed by atoms with Gasteiger partial charge in [-0.3, -0.25) is 9.36 Å². The number of benzene rings is 2. The molecule has 3 rings (SSSR count). The van der Waals surface area contributed by atoms with Crippen molar-refractivity contribution in [3.05, 3.63) is 71.8 Å². The van der Waals surface area contributed by atoms with Crippen LogP contribution < -0.4 is 5.32 Å². The molecule has 1 amide bonds. The highest BCUT2D eigenvalue weighted by Crippen LogP contribution is 2.22. The summed E-state index contributed by atoms with van der Waals surface area (Å²) in [5.74, 6) is -4.16. The number of nitrogens with zero attached hydrogens (tertiary/aromatic N) is 2. The van der Waals surface area contributed by atoms with E-state index in [1.54, 1.807) is 6.26 Å². The van der Waals surface area contributed by atoms with Crippen molar-refractivity contribution < 1.29 is 27.5 Å². The Morgan fingerprint density at radius 2 is 1.83 bits per heavy atom. The number of imidazole rings is 1. The van der Waals surface area contributed by atoms with Crippen LogP contribution in [0.3, 0.4) is 0 Å². The number of hydrogen-bond donors (Lipinski definition) is 1. The molecule has 0 aliphatic rings. The minimum absolute atomic E-state index is 0.0194. The summed E-state index contributed by atoms with van der Waals surface area (Å²) in [6, 6.07) is 8.28. The van der Waals surface area contributed by atoms with Gasteiger partial charge in [-0.25, -0.2) is 22.9 Å². The summed E-state index contributed by atoms with van der Waals surface area (Å²) < 4.78 is 45.8. The average molecular weight is 421 g/mol. The smallest absolute Gasteiger partial charge is 0.357 e. The van der Waals surface area contributed by atoms with E-state index in [-0.39, 0.29) is 11.4 Å². The Labute approximate surface area is 167 Å². The fraction of sp³-hybridized carbons (Fsp3) is 0.105. The van der Waals surface area contributed by atoms with E-state index >= 15 is 0 Å². The zero-order valence-corrected chi connectivity index (χ0v) is 15.8. The Kier molecular flexibility index (Phi) is 6.23. The molecule has 0 aliphatic carbocycles. The van der Waals surface area contributed by atoms with Crippen molar-refractivity contribution in [2.75, 3.05) is 18.2 Å². The van der Waals surface area contributed by atoms with Gasteiger partial charge in [0, 0.05) is 17.4 Å². The van der Waals surface area contributed by atoms with E-state index < -0.39 is 35.9 Å². The van der Waals surface area contributed by atoms with E-state index in [2.05, 4.69) is 10.3 Å². The maximum atomic E-state index is 13.2. The first-order chi connectivity index (χ1) is 13.9. The van der Waals surface area contributed by atoms with Gasteiger partial charge in [0.2, 0.25) is 0 Å². The number of carbonyl (C=O) groups is 2. The van der Waals surface area contributed by atoms with Gasteiger partial charge in [0.05, 0.1) is 6.20 Å². The second kappa shape index (κ2) is 8.82. The SMILES string of the molecule is CSc1ncc(C(=O)OCC(=O)Nc2ccc(F)c(F)c2)n1-c1ccc(F)cc1. The maximum Gasteiger partial charge on any atom is 0.357 e. The summed E-state index contributed by atoms with van der Waals surface area (Å²) in [5, 5.41) is 2.76. The van der Waals surface area contributed by atoms with Gasteiger partial charge in [-0.2, -0.15) is 0 Å². The average Bonchev–Trinajstić information content (AvgIpc) is 3.14. The molecule has 1 aromatic heterocycles. The van der Waals surface area contributed by atoms with Crippen LogP contribution in [0.1, 0.15) is 10.5 Å². The predicted molar refractivity (Wildman–Crippen MR) is 101 cm³/mol. The molecule has 0 radical (unpaired) electrons. The zero-order valence-electron chi connectivity index (χ0n) is 15.0. The van der Waals surface area contributed by atoms with Gasteiger partial charge in [0.1, 0.15) is 5.82 Å². The number of hydrogen-bond acceptors (Lipinski definition) is 5. The molecule has 0 spiro atoms. The van der Waals surface area contributed by atoms with Crippen LogP contribution in [0.5, 0.6) is 0 Å². The second-order valence-electron chi connectivity index (χ2n) is 5.70. The Balaban J connectivity index is 1.70. The van der Waals surface area contributed by atoms with Crippen molar-refractivity contribution in [1.82, 2.24) is 9.55 Å². The van der Waals surface area contributed by atoms with Gasteiger partial charge in [-0.15, -0.1) is 0 Å². The molecular formula is C19H14F3N3O3S. The van der Waals surface area contributed by atoms with E-state index in [0.29, 0.717) is 10.8 Å². The van der Waals surface area contributed by atoms with Gasteiger partial charge in [-0.1, -0.05) is 11.8 Å². The fourth-order valence-corrected chi connectivity index (χ4v) is 2.98. The number of nitrogens with one attached hydrogen (secondary N) is 1. The number of esters is 1. The molecule has 3 aromatic rings. The molecule has 0 fully saturated rings. The third-order valence-electron chi connectivity index (χ3n) is 3.74. The van der Waals surface area contributed by atoms with Gasteiger partial charge >= 0.3 is 5.97 Å². The Bertz CT molecular complexity index is 1050. The van der Waals surface area contributed by atoms with Gasteiger partial charge < -0.3 is 10.1 Å².